The lowest BCUT2D eigenvalue weighted by Gasteiger charge is -2.33. The highest BCUT2D eigenvalue weighted by atomic mass is 16.5. The fourth-order valence-corrected chi connectivity index (χ4v) is 4.71. The number of ether oxygens (including phenoxy) is 1. The SMILES string of the molecule is CC(=O)[C@H](CO[C@@H]1CCCN(CCCc2ccc3c(n2)NCCC3)C1)c1ccccc1. The second-order valence-electron chi connectivity index (χ2n) is 8.92. The van der Waals surface area contributed by atoms with Gasteiger partial charge in [0.1, 0.15) is 11.6 Å². The van der Waals surface area contributed by atoms with Gasteiger partial charge in [-0.1, -0.05) is 36.4 Å². The molecule has 1 N–H and O–H groups in total. The molecule has 0 aliphatic carbocycles. The number of piperidine rings is 1. The fraction of sp³-hybridized carbons (Fsp3) is 0.538. The first kappa shape index (κ1) is 22.0. The fourth-order valence-electron chi connectivity index (χ4n) is 4.71. The normalized spacial score (nSPS) is 20.0. The summed E-state index contributed by atoms with van der Waals surface area (Å²) in [7, 11) is 0. The predicted octanol–water partition coefficient (Wildman–Crippen LogP) is 4.23. The molecule has 4 rings (SSSR count). The first-order valence-electron chi connectivity index (χ1n) is 11.8. The lowest BCUT2D eigenvalue weighted by Crippen LogP contribution is -2.41. The van der Waals surface area contributed by atoms with Gasteiger partial charge in [-0.05, 0) is 75.7 Å². The summed E-state index contributed by atoms with van der Waals surface area (Å²) in [6.45, 7) is 6.34. The van der Waals surface area contributed by atoms with Gasteiger partial charge in [0.05, 0.1) is 18.6 Å². The van der Waals surface area contributed by atoms with Crippen LogP contribution >= 0.6 is 0 Å². The number of anilines is 1. The summed E-state index contributed by atoms with van der Waals surface area (Å²) in [6.07, 6.45) is 6.90. The number of pyridine rings is 1. The minimum atomic E-state index is -0.166. The molecule has 1 saturated heterocycles. The van der Waals surface area contributed by atoms with Crippen molar-refractivity contribution in [1.82, 2.24) is 9.88 Å². The number of hydrogen-bond acceptors (Lipinski definition) is 5. The van der Waals surface area contributed by atoms with Crippen molar-refractivity contribution in [3.05, 3.63) is 59.3 Å². The number of hydrogen-bond donors (Lipinski definition) is 1. The third kappa shape index (κ3) is 6.14. The smallest absolute Gasteiger partial charge is 0.139 e. The number of benzene rings is 1. The minimum absolute atomic E-state index is 0.166. The van der Waals surface area contributed by atoms with Crippen LogP contribution in [0.5, 0.6) is 0 Å². The summed E-state index contributed by atoms with van der Waals surface area (Å²) in [4.78, 5) is 19.5. The predicted molar refractivity (Wildman–Crippen MR) is 125 cm³/mol. The topological polar surface area (TPSA) is 54.5 Å². The molecule has 2 aliphatic heterocycles. The quantitative estimate of drug-likeness (QED) is 0.657. The zero-order valence-corrected chi connectivity index (χ0v) is 18.7. The van der Waals surface area contributed by atoms with Crippen LogP contribution in [0.3, 0.4) is 0 Å². The van der Waals surface area contributed by atoms with Crippen molar-refractivity contribution >= 4 is 11.6 Å². The maximum absolute atomic E-state index is 12.1. The van der Waals surface area contributed by atoms with Gasteiger partial charge in [-0.3, -0.25) is 4.79 Å². The molecule has 1 fully saturated rings. The van der Waals surface area contributed by atoms with Crippen molar-refractivity contribution in [3.8, 4) is 0 Å². The van der Waals surface area contributed by atoms with Crippen molar-refractivity contribution in [2.75, 3.05) is 38.1 Å². The third-order valence-electron chi connectivity index (χ3n) is 6.51. The van der Waals surface area contributed by atoms with Gasteiger partial charge in [-0.2, -0.15) is 0 Å². The number of ketones is 1. The number of aryl methyl sites for hydroxylation is 2. The minimum Gasteiger partial charge on any atom is -0.376 e. The van der Waals surface area contributed by atoms with Crippen molar-refractivity contribution in [2.24, 2.45) is 0 Å². The van der Waals surface area contributed by atoms with Gasteiger partial charge in [0, 0.05) is 18.8 Å². The van der Waals surface area contributed by atoms with E-state index in [2.05, 4.69) is 22.3 Å². The highest BCUT2D eigenvalue weighted by molar-refractivity contribution is 5.83. The number of nitrogens with zero attached hydrogens (tertiary/aromatic N) is 2. The molecule has 0 unspecified atom stereocenters. The number of carbonyl (C=O) groups is 1. The molecule has 5 heteroatoms. The van der Waals surface area contributed by atoms with E-state index in [4.69, 9.17) is 9.72 Å². The molecule has 1 aromatic heterocycles. The first-order chi connectivity index (χ1) is 15.2. The van der Waals surface area contributed by atoms with Gasteiger partial charge in [0.25, 0.3) is 0 Å². The molecule has 2 aliphatic rings. The number of likely N-dealkylation sites (tertiary alicyclic amines) is 1. The van der Waals surface area contributed by atoms with E-state index in [0.29, 0.717) is 6.61 Å². The molecule has 0 spiro atoms. The van der Waals surface area contributed by atoms with Gasteiger partial charge >= 0.3 is 0 Å². The molecule has 3 heterocycles. The number of rotatable bonds is 9. The zero-order chi connectivity index (χ0) is 21.5. The summed E-state index contributed by atoms with van der Waals surface area (Å²) in [5, 5.41) is 3.43. The zero-order valence-electron chi connectivity index (χ0n) is 18.7. The first-order valence-corrected chi connectivity index (χ1v) is 11.8. The van der Waals surface area contributed by atoms with E-state index >= 15 is 0 Å². The van der Waals surface area contributed by atoms with Crippen LogP contribution in [-0.4, -0.2) is 54.6 Å². The molecule has 166 valence electrons. The number of nitrogens with one attached hydrogen (secondary N) is 1. The molecule has 0 amide bonds. The standard InChI is InChI=1S/C26H35N3O2/c1-20(30)25(21-8-3-2-4-9-21)19-31-24-12-7-17-29(18-24)16-6-11-23-14-13-22-10-5-15-27-26(22)28-23/h2-4,8-9,13-14,24-25H,5-7,10-12,15-19H2,1H3,(H,27,28)/t24-,25+/m1/s1. The molecule has 0 radical (unpaired) electrons. The van der Waals surface area contributed by atoms with Crippen molar-refractivity contribution < 1.29 is 9.53 Å². The number of aromatic nitrogens is 1. The Morgan fingerprint density at radius 3 is 2.94 bits per heavy atom. The van der Waals surface area contributed by atoms with Gasteiger partial charge in [-0.15, -0.1) is 0 Å². The third-order valence-corrected chi connectivity index (χ3v) is 6.51. The average molecular weight is 422 g/mol. The van der Waals surface area contributed by atoms with Gasteiger partial charge in [-0.25, -0.2) is 4.98 Å². The highest BCUT2D eigenvalue weighted by Gasteiger charge is 2.23. The summed E-state index contributed by atoms with van der Waals surface area (Å²) in [5.41, 5.74) is 3.59. The largest absolute Gasteiger partial charge is 0.376 e. The van der Waals surface area contributed by atoms with Crippen LogP contribution in [0.4, 0.5) is 5.82 Å². The number of fused-ring (bicyclic) bond motifs is 1. The van der Waals surface area contributed by atoms with E-state index in [1.165, 1.54) is 17.7 Å². The molecule has 2 atom stereocenters. The Balaban J connectivity index is 1.23. The number of Topliss-reactive ketones (excluding diaryl/α,β-unsaturated/α-hetero) is 1. The van der Waals surface area contributed by atoms with Crippen LogP contribution in [0.1, 0.15) is 55.3 Å². The second-order valence-corrected chi connectivity index (χ2v) is 8.92. The van der Waals surface area contributed by atoms with Crippen LogP contribution in [0.15, 0.2) is 42.5 Å². The Hall–Kier alpha value is -2.24. The van der Waals surface area contributed by atoms with Gasteiger partial charge in [0.15, 0.2) is 0 Å². The van der Waals surface area contributed by atoms with Crippen LogP contribution in [0, 0.1) is 0 Å². The Labute approximate surface area is 186 Å². The molecule has 5 nitrogen and oxygen atoms in total. The maximum atomic E-state index is 12.1. The monoisotopic (exact) mass is 421 g/mol. The van der Waals surface area contributed by atoms with E-state index in [0.717, 1.165) is 69.7 Å². The average Bonchev–Trinajstić information content (AvgIpc) is 2.80. The molecular weight excluding hydrogens is 386 g/mol. The Bertz CT molecular complexity index is 855. The van der Waals surface area contributed by atoms with Crippen LogP contribution in [0.25, 0.3) is 0 Å². The molecule has 2 aromatic rings. The van der Waals surface area contributed by atoms with E-state index in [1.54, 1.807) is 6.92 Å². The van der Waals surface area contributed by atoms with E-state index in [-0.39, 0.29) is 17.8 Å². The molecule has 1 aromatic carbocycles. The molecular formula is C26H35N3O2. The van der Waals surface area contributed by atoms with Crippen LogP contribution < -0.4 is 5.32 Å². The summed E-state index contributed by atoms with van der Waals surface area (Å²) in [6, 6.07) is 14.4. The number of carbonyl (C=O) groups excluding carboxylic acids is 1. The summed E-state index contributed by atoms with van der Waals surface area (Å²) >= 11 is 0. The lowest BCUT2D eigenvalue weighted by atomic mass is 9.96. The Morgan fingerprint density at radius 1 is 1.23 bits per heavy atom. The van der Waals surface area contributed by atoms with Crippen LogP contribution in [-0.2, 0) is 22.4 Å². The van der Waals surface area contributed by atoms with Crippen LogP contribution in [0.2, 0.25) is 0 Å². The van der Waals surface area contributed by atoms with Gasteiger partial charge in [0.2, 0.25) is 0 Å². The van der Waals surface area contributed by atoms with Gasteiger partial charge < -0.3 is 15.0 Å². The second kappa shape index (κ2) is 10.9. The van der Waals surface area contributed by atoms with E-state index in [9.17, 15) is 4.79 Å². The molecule has 0 saturated carbocycles. The highest BCUT2D eigenvalue weighted by Crippen LogP contribution is 2.22. The van der Waals surface area contributed by atoms with E-state index in [1.807, 2.05) is 30.3 Å². The summed E-state index contributed by atoms with van der Waals surface area (Å²) in [5.74, 6) is 1.10. The van der Waals surface area contributed by atoms with Crippen molar-refractivity contribution in [1.29, 1.82) is 0 Å². The van der Waals surface area contributed by atoms with E-state index < -0.39 is 0 Å². The Kier molecular flexibility index (Phi) is 7.71. The Morgan fingerprint density at radius 2 is 2.10 bits per heavy atom. The maximum Gasteiger partial charge on any atom is 0.139 e. The van der Waals surface area contributed by atoms with Crippen molar-refractivity contribution in [3.63, 3.8) is 0 Å². The van der Waals surface area contributed by atoms with Crippen molar-refractivity contribution in [2.45, 2.75) is 57.5 Å². The molecule has 0 bridgehead atoms. The summed E-state index contributed by atoms with van der Waals surface area (Å²) < 4.78 is 6.23. The lowest BCUT2D eigenvalue weighted by molar-refractivity contribution is -0.120. The molecule has 31 heavy (non-hydrogen) atoms.